The normalized spacial score (nSPS) is 19.4. The number of hydrogen-bond acceptors (Lipinski definition) is 16. The van der Waals surface area contributed by atoms with Gasteiger partial charge in [-0.3, -0.25) is 58.1 Å². The lowest BCUT2D eigenvalue weighted by Gasteiger charge is -2.45. The second kappa shape index (κ2) is 25.1. The summed E-state index contributed by atoms with van der Waals surface area (Å²) in [5.74, 6) is -0.525. The number of amides is 5. The number of aryl methyl sites for hydroxylation is 2. The van der Waals surface area contributed by atoms with E-state index in [1.165, 1.54) is 15.4 Å². The number of ether oxygens (including phenoxy) is 1. The van der Waals surface area contributed by atoms with Crippen LogP contribution < -0.4 is 20.3 Å². The number of carbonyl (C=O) groups is 5. The number of nitrogens with one attached hydrogen (secondary N) is 3. The highest BCUT2D eigenvalue weighted by molar-refractivity contribution is 7.19. The van der Waals surface area contributed by atoms with Crippen molar-refractivity contribution in [2.75, 3.05) is 38.2 Å². The van der Waals surface area contributed by atoms with E-state index >= 15 is 0 Å². The minimum absolute atomic E-state index is 0.0178. The van der Waals surface area contributed by atoms with Gasteiger partial charge in [0, 0.05) is 110 Å². The number of thiophene rings is 1. The largest absolute Gasteiger partial charge is 0.489 e. The van der Waals surface area contributed by atoms with Crippen molar-refractivity contribution in [2.45, 2.75) is 90.9 Å². The molecule has 22 nitrogen and oxygen atoms in total. The minimum Gasteiger partial charge on any atom is -0.489 e. The van der Waals surface area contributed by atoms with Crippen LogP contribution >= 0.6 is 22.9 Å². The number of likely N-dealkylation sites (tertiary alicyclic amines) is 1. The molecule has 9 aromatic rings. The standard InChI is InChI=1S/C65H65ClN16O6S/c1-38-22-45(66)24-49(48-18-20-67-54-25-47(89-59(48)54)35-82-63(85)50-26-51(50)64(82)86)52(38)36-81-39(2)29-78(30-40(81)3)31-44-28-69-79(33-44)21-7-19-68-61(83)53-17-16-46(73-74-53)34-80-32-43(27-70-80)15-12-41-10-13-42(14-11-41)23-58-72-60(76-75-58)62(84)71-55-37-88-57-9-6-5-8-56(57)77(4)65(55)87/h5-6,8-18,20,22,24-25,27-28,32-33,39-40,50-51,55H,7,19,21,23,26,29-31,34-37H2,1-4H3,(H,68,83)(H,71,84)(H,72,75,76)/b15-12-/t39-,40-,50?,51?,55+/m1/s1. The van der Waals surface area contributed by atoms with Gasteiger partial charge in [0.15, 0.2) is 5.69 Å². The quantitative estimate of drug-likeness (QED) is 0.0491. The lowest BCUT2D eigenvalue weighted by molar-refractivity contribution is -0.142. The first kappa shape index (κ1) is 58.7. The van der Waals surface area contributed by atoms with Crippen LogP contribution in [-0.4, -0.2) is 146 Å². The van der Waals surface area contributed by atoms with E-state index in [1.54, 1.807) is 53.5 Å². The Labute approximate surface area is 521 Å². The number of halogens is 1. The van der Waals surface area contributed by atoms with Crippen LogP contribution in [0.1, 0.15) is 97.6 Å². The van der Waals surface area contributed by atoms with Crippen LogP contribution in [0.5, 0.6) is 5.75 Å². The Balaban J connectivity index is 0.533. The van der Waals surface area contributed by atoms with Crippen LogP contribution in [-0.2, 0) is 53.5 Å². The molecule has 2 saturated heterocycles. The van der Waals surface area contributed by atoms with Gasteiger partial charge in [0.2, 0.25) is 17.6 Å². The highest BCUT2D eigenvalue weighted by Gasteiger charge is 2.58. The Kier molecular flexibility index (Phi) is 16.5. The van der Waals surface area contributed by atoms with Gasteiger partial charge in [0.1, 0.15) is 24.2 Å². The maximum absolute atomic E-state index is 13.1. The molecule has 1 aliphatic carbocycles. The zero-order chi connectivity index (χ0) is 61.4. The van der Waals surface area contributed by atoms with Gasteiger partial charge in [0.05, 0.1) is 58.9 Å². The summed E-state index contributed by atoms with van der Waals surface area (Å²) in [7, 11) is 1.64. The van der Waals surface area contributed by atoms with Crippen molar-refractivity contribution < 1.29 is 28.7 Å². The average molecular weight is 1230 g/mol. The van der Waals surface area contributed by atoms with Gasteiger partial charge < -0.3 is 20.3 Å². The number of likely N-dealkylation sites (N-methyl/N-ethyl adjacent to an activating group) is 1. The summed E-state index contributed by atoms with van der Waals surface area (Å²) in [6.45, 7) is 11.8. The van der Waals surface area contributed by atoms with Crippen molar-refractivity contribution in [3.05, 3.63) is 182 Å². The van der Waals surface area contributed by atoms with Crippen LogP contribution in [0.15, 0.2) is 116 Å². The van der Waals surface area contributed by atoms with Crippen LogP contribution in [0.4, 0.5) is 5.69 Å². The van der Waals surface area contributed by atoms with E-state index < -0.39 is 11.9 Å². The van der Waals surface area contributed by atoms with Gasteiger partial charge in [0.25, 0.3) is 17.7 Å². The monoisotopic (exact) mass is 1230 g/mol. The van der Waals surface area contributed by atoms with Gasteiger partial charge in [-0.2, -0.15) is 15.3 Å². The second-order valence-electron chi connectivity index (χ2n) is 23.5. The van der Waals surface area contributed by atoms with E-state index in [9.17, 15) is 24.0 Å². The van der Waals surface area contributed by atoms with Crippen molar-refractivity contribution >= 4 is 80.5 Å². The zero-order valence-corrected chi connectivity index (χ0v) is 51.1. The van der Waals surface area contributed by atoms with Gasteiger partial charge in [-0.25, -0.2) is 4.98 Å². The molecule has 454 valence electrons. The molecule has 5 atom stereocenters. The maximum atomic E-state index is 13.1. The molecule has 24 heteroatoms. The Morgan fingerprint density at radius 1 is 0.809 bits per heavy atom. The van der Waals surface area contributed by atoms with Gasteiger partial charge in [-0.05, 0) is 110 Å². The SMILES string of the molecule is Cc1cc(Cl)cc(-c2ccnc3cc(CN4C(=O)C5CC5C4=O)sc23)c1CN1[C@H](C)CN(Cc2cnn(CCCNC(=O)c3ccc(Cn4cc(/C=C\c5ccc(Cc6nc(C(=O)N[C@H]7COc8ccccc8N(C)C7=O)n[nH]6)cc5)cn4)nn3)c2)C[C@H]1C. The molecule has 0 bridgehead atoms. The summed E-state index contributed by atoms with van der Waals surface area (Å²) in [4.78, 5) is 82.8. The Hall–Kier alpha value is -9.29. The Bertz CT molecular complexity index is 4160. The molecule has 4 aliphatic rings. The number of aromatic nitrogens is 10. The number of hydrogen-bond donors (Lipinski definition) is 3. The van der Waals surface area contributed by atoms with E-state index in [4.69, 9.17) is 21.3 Å². The molecule has 0 spiro atoms. The molecule has 3 aromatic carbocycles. The van der Waals surface area contributed by atoms with Crippen molar-refractivity contribution in [3.8, 4) is 16.9 Å². The number of rotatable bonds is 20. The fourth-order valence-electron chi connectivity index (χ4n) is 12.2. The van der Waals surface area contributed by atoms with Crippen LogP contribution in [0, 0.1) is 18.8 Å². The molecule has 5 amide bonds. The van der Waals surface area contributed by atoms with Gasteiger partial charge in [-0.1, -0.05) is 60.2 Å². The van der Waals surface area contributed by atoms with E-state index in [0.717, 1.165) is 80.2 Å². The molecule has 89 heavy (non-hydrogen) atoms. The van der Waals surface area contributed by atoms with Gasteiger partial charge in [-0.15, -0.1) is 21.5 Å². The lowest BCUT2D eigenvalue weighted by atomic mass is 9.94. The highest BCUT2D eigenvalue weighted by Crippen LogP contribution is 2.48. The number of anilines is 1. The maximum Gasteiger partial charge on any atom is 0.291 e. The van der Waals surface area contributed by atoms with E-state index in [-0.39, 0.29) is 72.2 Å². The van der Waals surface area contributed by atoms with Crippen LogP contribution in [0.3, 0.4) is 0 Å². The summed E-state index contributed by atoms with van der Waals surface area (Å²) in [6, 6.07) is 26.4. The molecule has 3 N–H and O–H groups in total. The molecule has 6 aromatic heterocycles. The first-order chi connectivity index (χ1) is 43.1. The molecular formula is C65H65ClN16O6S. The summed E-state index contributed by atoms with van der Waals surface area (Å²) in [6.07, 6.45) is 15.3. The Morgan fingerprint density at radius 2 is 1.60 bits per heavy atom. The van der Waals surface area contributed by atoms with Crippen molar-refractivity contribution in [1.29, 1.82) is 0 Å². The minimum atomic E-state index is -0.906. The third-order valence-corrected chi connectivity index (χ3v) is 18.3. The zero-order valence-electron chi connectivity index (χ0n) is 49.5. The molecule has 3 fully saturated rings. The first-order valence-corrected chi connectivity index (χ1v) is 31.0. The van der Waals surface area contributed by atoms with Crippen LogP contribution in [0.2, 0.25) is 5.02 Å². The number of piperidine rings is 1. The fourth-order valence-corrected chi connectivity index (χ4v) is 13.6. The van der Waals surface area contributed by atoms with E-state index in [2.05, 4.69) is 89.0 Å². The summed E-state index contributed by atoms with van der Waals surface area (Å²) >= 11 is 8.37. The molecule has 1 saturated carbocycles. The number of piperazine rings is 1. The number of benzene rings is 3. The molecule has 3 aliphatic heterocycles. The number of carbonyl (C=O) groups excluding carboxylic acids is 5. The number of fused-ring (bicyclic) bond motifs is 3. The van der Waals surface area contributed by atoms with E-state index in [1.807, 2.05) is 90.0 Å². The summed E-state index contributed by atoms with van der Waals surface area (Å²) < 4.78 is 10.5. The second-order valence-corrected chi connectivity index (χ2v) is 25.0. The first-order valence-electron chi connectivity index (χ1n) is 29.8. The molecule has 9 heterocycles. The molecule has 0 radical (unpaired) electrons. The topological polar surface area (TPSA) is 247 Å². The number of nitrogens with zero attached hydrogens (tertiary/aromatic N) is 13. The lowest BCUT2D eigenvalue weighted by Crippen LogP contribution is -2.55. The van der Waals surface area contributed by atoms with Gasteiger partial charge >= 0.3 is 0 Å². The number of imide groups is 1. The third kappa shape index (κ3) is 12.9. The summed E-state index contributed by atoms with van der Waals surface area (Å²) in [5, 5.41) is 30.9. The third-order valence-electron chi connectivity index (χ3n) is 17.0. The van der Waals surface area contributed by atoms with E-state index in [0.29, 0.717) is 66.9 Å². The fraction of sp³-hybridized carbons (Fsp3) is 0.323. The predicted molar refractivity (Wildman–Crippen MR) is 335 cm³/mol. The van der Waals surface area contributed by atoms with Crippen molar-refractivity contribution in [3.63, 3.8) is 0 Å². The molecule has 2 unspecified atom stereocenters. The summed E-state index contributed by atoms with van der Waals surface area (Å²) in [5.41, 5.74) is 10.8. The highest BCUT2D eigenvalue weighted by atomic mass is 35.5. The number of H-pyrrole nitrogens is 1. The van der Waals surface area contributed by atoms with Crippen molar-refractivity contribution in [1.82, 2.24) is 75.3 Å². The smallest absolute Gasteiger partial charge is 0.291 e. The number of pyridine rings is 1. The van der Waals surface area contributed by atoms with Crippen molar-refractivity contribution in [2.24, 2.45) is 11.8 Å². The average Bonchev–Trinajstić information content (AvgIpc) is 1.67. The van der Waals surface area contributed by atoms with Crippen LogP contribution in [0.25, 0.3) is 33.5 Å². The Morgan fingerprint density at radius 3 is 2.39 bits per heavy atom. The number of aromatic amines is 1. The molecule has 13 rings (SSSR count). The molecular weight excluding hydrogens is 1170 g/mol. The number of para-hydroxylation sites is 2. The predicted octanol–water partition coefficient (Wildman–Crippen LogP) is 7.61.